The molecule has 2 heterocycles. The molecule has 1 aromatic carbocycles. The number of H-pyrrole nitrogens is 1. The average Bonchev–Trinajstić information content (AvgIpc) is 3.07. The molecule has 2 aromatic rings. The molecule has 116 valence electrons. The van der Waals surface area contributed by atoms with Gasteiger partial charge in [-0.2, -0.15) is 0 Å². The minimum absolute atomic E-state index is 0.132. The molecule has 1 aromatic heterocycles. The predicted molar refractivity (Wildman–Crippen MR) is 89.3 cm³/mol. The van der Waals surface area contributed by atoms with E-state index in [0.717, 1.165) is 22.0 Å². The van der Waals surface area contributed by atoms with E-state index in [9.17, 15) is 4.79 Å². The van der Waals surface area contributed by atoms with Crippen LogP contribution in [0.4, 0.5) is 0 Å². The summed E-state index contributed by atoms with van der Waals surface area (Å²) in [5.74, 6) is 0.0872. The minimum atomic E-state index is -0.132. The fraction of sp³-hybridized carbons (Fsp3) is 0.400. The van der Waals surface area contributed by atoms with Gasteiger partial charge >= 0.3 is 0 Å². The number of carbonyl (C=O) groups is 1. The number of rotatable bonds is 4. The molecule has 0 saturated carbocycles. The third-order valence-electron chi connectivity index (χ3n) is 3.74. The first kappa shape index (κ1) is 15.4. The molecule has 1 saturated heterocycles. The second kappa shape index (κ2) is 7.19. The molecule has 22 heavy (non-hydrogen) atoms. The lowest BCUT2D eigenvalue weighted by Gasteiger charge is -2.33. The van der Waals surface area contributed by atoms with Crippen LogP contribution in [0, 0.1) is 3.57 Å². The van der Waals surface area contributed by atoms with Crippen LogP contribution in [-0.4, -0.2) is 45.2 Å². The highest BCUT2D eigenvalue weighted by atomic mass is 127. The largest absolute Gasteiger partial charge is 0.381 e. The molecule has 6 nitrogen and oxygen atoms in total. The van der Waals surface area contributed by atoms with Crippen molar-refractivity contribution in [1.29, 1.82) is 0 Å². The Hall–Kier alpha value is -1.48. The molecule has 1 amide bonds. The van der Waals surface area contributed by atoms with E-state index < -0.39 is 0 Å². The second-order valence-corrected chi connectivity index (χ2v) is 6.47. The monoisotopic (exact) mass is 412 g/mol. The molecule has 0 radical (unpaired) electrons. The maximum Gasteiger partial charge on any atom is 0.294 e. The van der Waals surface area contributed by atoms with Gasteiger partial charge in [0.1, 0.15) is 6.33 Å². The van der Waals surface area contributed by atoms with E-state index in [0.29, 0.717) is 19.8 Å². The van der Waals surface area contributed by atoms with Crippen LogP contribution in [0.1, 0.15) is 29.0 Å². The molecule has 0 unspecified atom stereocenters. The third kappa shape index (κ3) is 3.64. The summed E-state index contributed by atoms with van der Waals surface area (Å²) in [5.41, 5.74) is 1.11. The summed E-state index contributed by atoms with van der Waals surface area (Å²) in [5, 5.41) is 6.54. The van der Waals surface area contributed by atoms with E-state index in [4.69, 9.17) is 4.74 Å². The molecular weight excluding hydrogens is 395 g/mol. The second-order valence-electron chi connectivity index (χ2n) is 5.23. The summed E-state index contributed by atoms with van der Waals surface area (Å²) in [6.45, 7) is 1.94. The maximum absolute atomic E-state index is 12.7. The fourth-order valence-corrected chi connectivity index (χ4v) is 3.24. The van der Waals surface area contributed by atoms with Gasteiger partial charge in [-0.3, -0.25) is 9.89 Å². The van der Waals surface area contributed by atoms with Gasteiger partial charge in [-0.25, -0.2) is 4.98 Å². The summed E-state index contributed by atoms with van der Waals surface area (Å²) in [6, 6.07) is 8.35. The highest BCUT2D eigenvalue weighted by molar-refractivity contribution is 14.1. The first-order chi connectivity index (χ1) is 10.7. The Morgan fingerprint density at radius 2 is 2.23 bits per heavy atom. The SMILES string of the molecule is O=C(c1nc[nH]n1)N(Cc1cccc(I)c1)C1CCOCC1. The molecular formula is C15H17IN4O2. The van der Waals surface area contributed by atoms with Gasteiger partial charge in [-0.1, -0.05) is 12.1 Å². The molecule has 3 rings (SSSR count). The summed E-state index contributed by atoms with van der Waals surface area (Å²) in [7, 11) is 0. The van der Waals surface area contributed by atoms with Gasteiger partial charge < -0.3 is 9.64 Å². The number of nitrogens with zero attached hydrogens (tertiary/aromatic N) is 3. The number of hydrogen-bond donors (Lipinski definition) is 1. The number of benzene rings is 1. The van der Waals surface area contributed by atoms with E-state index in [2.05, 4.69) is 43.8 Å². The van der Waals surface area contributed by atoms with Gasteiger partial charge in [0.05, 0.1) is 0 Å². The topological polar surface area (TPSA) is 71.1 Å². The molecule has 0 atom stereocenters. The zero-order valence-corrected chi connectivity index (χ0v) is 14.2. The van der Waals surface area contributed by atoms with Crippen molar-refractivity contribution >= 4 is 28.5 Å². The lowest BCUT2D eigenvalue weighted by Crippen LogP contribution is -2.43. The van der Waals surface area contributed by atoms with Crippen molar-refractivity contribution in [2.24, 2.45) is 0 Å². The predicted octanol–water partition coefficient (Wildman–Crippen LogP) is 2.23. The molecule has 1 aliphatic rings. The molecule has 0 spiro atoms. The van der Waals surface area contributed by atoms with Crippen molar-refractivity contribution in [2.45, 2.75) is 25.4 Å². The van der Waals surface area contributed by atoms with Crippen molar-refractivity contribution in [3.63, 3.8) is 0 Å². The zero-order valence-electron chi connectivity index (χ0n) is 12.0. The van der Waals surface area contributed by atoms with Crippen LogP contribution < -0.4 is 0 Å². The van der Waals surface area contributed by atoms with Gasteiger partial charge in [0, 0.05) is 29.4 Å². The summed E-state index contributed by atoms with van der Waals surface area (Å²) in [6.07, 6.45) is 3.13. The summed E-state index contributed by atoms with van der Waals surface area (Å²) in [4.78, 5) is 18.6. The minimum Gasteiger partial charge on any atom is -0.381 e. The van der Waals surface area contributed by atoms with Crippen LogP contribution in [0.3, 0.4) is 0 Å². The Labute approximate surface area is 142 Å². The van der Waals surface area contributed by atoms with E-state index in [-0.39, 0.29) is 17.8 Å². The van der Waals surface area contributed by atoms with Gasteiger partial charge in [-0.15, -0.1) is 5.10 Å². The molecule has 0 bridgehead atoms. The Morgan fingerprint density at radius 1 is 1.41 bits per heavy atom. The van der Waals surface area contributed by atoms with Crippen LogP contribution in [0.25, 0.3) is 0 Å². The number of aromatic amines is 1. The lowest BCUT2D eigenvalue weighted by molar-refractivity contribution is 0.0260. The van der Waals surface area contributed by atoms with Gasteiger partial charge in [0.25, 0.3) is 5.91 Å². The first-order valence-corrected chi connectivity index (χ1v) is 8.31. The zero-order chi connectivity index (χ0) is 15.4. The van der Waals surface area contributed by atoms with Crippen LogP contribution in [-0.2, 0) is 11.3 Å². The van der Waals surface area contributed by atoms with Crippen LogP contribution in [0.15, 0.2) is 30.6 Å². The summed E-state index contributed by atoms with van der Waals surface area (Å²) >= 11 is 2.28. The van der Waals surface area contributed by atoms with Crippen molar-refractivity contribution < 1.29 is 9.53 Å². The van der Waals surface area contributed by atoms with Crippen LogP contribution in [0.2, 0.25) is 0 Å². The van der Waals surface area contributed by atoms with Gasteiger partial charge in [0.2, 0.25) is 5.82 Å². The number of hydrogen-bond acceptors (Lipinski definition) is 4. The quantitative estimate of drug-likeness (QED) is 0.783. The molecule has 7 heteroatoms. The normalized spacial score (nSPS) is 15.7. The van der Waals surface area contributed by atoms with E-state index in [1.165, 1.54) is 6.33 Å². The van der Waals surface area contributed by atoms with Crippen molar-refractivity contribution in [2.75, 3.05) is 13.2 Å². The van der Waals surface area contributed by atoms with Crippen molar-refractivity contribution in [3.05, 3.63) is 45.6 Å². The highest BCUT2D eigenvalue weighted by Crippen LogP contribution is 2.20. The van der Waals surface area contributed by atoms with E-state index in [1.54, 1.807) is 0 Å². The van der Waals surface area contributed by atoms with Gasteiger partial charge in [0.15, 0.2) is 0 Å². The highest BCUT2D eigenvalue weighted by Gasteiger charge is 2.28. The number of carbonyl (C=O) groups excluding carboxylic acids is 1. The van der Waals surface area contributed by atoms with Crippen molar-refractivity contribution in [1.82, 2.24) is 20.1 Å². The Bertz CT molecular complexity index is 626. The molecule has 0 aliphatic carbocycles. The molecule has 1 fully saturated rings. The summed E-state index contributed by atoms with van der Waals surface area (Å²) < 4.78 is 6.57. The average molecular weight is 412 g/mol. The van der Waals surface area contributed by atoms with Crippen LogP contribution in [0.5, 0.6) is 0 Å². The Balaban J connectivity index is 1.83. The van der Waals surface area contributed by atoms with E-state index in [1.807, 2.05) is 23.1 Å². The Morgan fingerprint density at radius 3 is 2.91 bits per heavy atom. The smallest absolute Gasteiger partial charge is 0.294 e. The lowest BCUT2D eigenvalue weighted by atomic mass is 10.1. The standard InChI is InChI=1S/C15H17IN4O2/c16-12-3-1-2-11(8-12)9-20(13-4-6-22-7-5-13)15(21)14-17-10-18-19-14/h1-3,8,10,13H,4-7,9H2,(H,17,18,19). The molecule has 1 N–H and O–H groups in total. The van der Waals surface area contributed by atoms with E-state index >= 15 is 0 Å². The number of ether oxygens (including phenoxy) is 1. The number of amides is 1. The maximum atomic E-state index is 12.7. The molecule has 1 aliphatic heterocycles. The van der Waals surface area contributed by atoms with Crippen LogP contribution >= 0.6 is 22.6 Å². The first-order valence-electron chi connectivity index (χ1n) is 7.23. The number of aromatic nitrogens is 3. The number of nitrogens with one attached hydrogen (secondary N) is 1. The number of halogens is 1. The Kier molecular flexibility index (Phi) is 5.04. The third-order valence-corrected chi connectivity index (χ3v) is 4.41. The fourth-order valence-electron chi connectivity index (χ4n) is 2.64. The van der Waals surface area contributed by atoms with Crippen molar-refractivity contribution in [3.8, 4) is 0 Å². The van der Waals surface area contributed by atoms with Gasteiger partial charge in [-0.05, 0) is 53.1 Å².